The zero-order chi connectivity index (χ0) is 14.0. The molecule has 1 aromatic carbocycles. The van der Waals surface area contributed by atoms with E-state index in [4.69, 9.17) is 0 Å². The molecule has 0 saturated carbocycles. The third-order valence-corrected chi connectivity index (χ3v) is 2.18. The van der Waals surface area contributed by atoms with Crippen LogP contribution < -0.4 is 5.32 Å². The van der Waals surface area contributed by atoms with Crippen LogP contribution in [0.15, 0.2) is 18.2 Å². The molecule has 8 nitrogen and oxygen atoms in total. The van der Waals surface area contributed by atoms with Gasteiger partial charge in [0.2, 0.25) is 5.95 Å². The molecule has 0 aliphatic carbocycles. The van der Waals surface area contributed by atoms with Gasteiger partial charge < -0.3 is 0 Å². The summed E-state index contributed by atoms with van der Waals surface area (Å²) in [6.45, 7) is 1.63. The summed E-state index contributed by atoms with van der Waals surface area (Å²) in [4.78, 5) is 25.4. The minimum absolute atomic E-state index is 0.00872. The smallest absolute Gasteiger partial charge is 0.273 e. The number of non-ortho nitro benzene ring substituents is 1. The van der Waals surface area contributed by atoms with Crippen LogP contribution in [-0.4, -0.2) is 26.0 Å². The van der Waals surface area contributed by atoms with Crippen molar-refractivity contribution in [3.05, 3.63) is 45.5 Å². The molecule has 0 fully saturated rings. The van der Waals surface area contributed by atoms with E-state index in [2.05, 4.69) is 20.5 Å². The summed E-state index contributed by atoms with van der Waals surface area (Å²) < 4.78 is 13.2. The summed E-state index contributed by atoms with van der Waals surface area (Å²) in [6, 6.07) is 2.59. The van der Waals surface area contributed by atoms with Gasteiger partial charge in [-0.3, -0.25) is 25.3 Å². The van der Waals surface area contributed by atoms with Crippen molar-refractivity contribution in [1.82, 2.24) is 15.2 Å². The molecule has 0 bridgehead atoms. The monoisotopic (exact) mass is 265 g/mol. The number of rotatable bonds is 3. The summed E-state index contributed by atoms with van der Waals surface area (Å²) >= 11 is 0. The number of hydrogen-bond acceptors (Lipinski definition) is 5. The first-order chi connectivity index (χ1) is 8.95. The van der Waals surface area contributed by atoms with Gasteiger partial charge in [-0.05, 0) is 13.0 Å². The molecule has 2 N–H and O–H groups in total. The molecule has 19 heavy (non-hydrogen) atoms. The molecular weight excluding hydrogens is 257 g/mol. The van der Waals surface area contributed by atoms with Gasteiger partial charge in [0.05, 0.1) is 11.0 Å². The van der Waals surface area contributed by atoms with Crippen molar-refractivity contribution in [3.63, 3.8) is 0 Å². The van der Waals surface area contributed by atoms with E-state index in [1.165, 1.54) is 0 Å². The molecule has 1 amide bonds. The highest BCUT2D eigenvalue weighted by atomic mass is 19.1. The summed E-state index contributed by atoms with van der Waals surface area (Å²) in [5.74, 6) is -1.11. The van der Waals surface area contributed by atoms with E-state index in [1.54, 1.807) is 6.92 Å². The Bertz CT molecular complexity index is 654. The standard InChI is InChI=1S/C10H8FN5O3/c1-5-12-10(15-14-5)13-9(17)6-2-7(11)4-8(3-6)16(18)19/h2-4H,1H3,(H2,12,13,14,15,17). The van der Waals surface area contributed by atoms with Crippen molar-refractivity contribution in [3.8, 4) is 0 Å². The fraction of sp³-hybridized carbons (Fsp3) is 0.100. The second-order valence-electron chi connectivity index (χ2n) is 3.65. The number of hydrogen-bond donors (Lipinski definition) is 2. The average Bonchev–Trinajstić information content (AvgIpc) is 2.73. The Morgan fingerprint density at radius 2 is 2.21 bits per heavy atom. The number of aryl methyl sites for hydroxylation is 1. The molecule has 9 heteroatoms. The van der Waals surface area contributed by atoms with Crippen LogP contribution >= 0.6 is 0 Å². The van der Waals surface area contributed by atoms with Gasteiger partial charge in [-0.25, -0.2) is 4.39 Å². The van der Waals surface area contributed by atoms with Gasteiger partial charge >= 0.3 is 0 Å². The first-order valence-corrected chi connectivity index (χ1v) is 5.11. The van der Waals surface area contributed by atoms with Gasteiger partial charge in [0.1, 0.15) is 11.6 Å². The highest BCUT2D eigenvalue weighted by Gasteiger charge is 2.15. The van der Waals surface area contributed by atoms with Crippen LogP contribution in [0.4, 0.5) is 16.0 Å². The van der Waals surface area contributed by atoms with Gasteiger partial charge in [0.25, 0.3) is 11.6 Å². The third kappa shape index (κ3) is 2.89. The number of nitrogens with zero attached hydrogens (tertiary/aromatic N) is 3. The molecule has 0 spiro atoms. The lowest BCUT2D eigenvalue weighted by molar-refractivity contribution is -0.385. The summed E-state index contributed by atoms with van der Waals surface area (Å²) in [7, 11) is 0. The van der Waals surface area contributed by atoms with Gasteiger partial charge in [0, 0.05) is 11.6 Å². The SMILES string of the molecule is Cc1nc(NC(=O)c2cc(F)cc([N+](=O)[O-])c2)n[nH]1. The summed E-state index contributed by atoms with van der Waals surface area (Å²) in [6.07, 6.45) is 0. The number of carbonyl (C=O) groups excluding carboxylic acids is 1. The van der Waals surface area contributed by atoms with Crippen molar-refractivity contribution >= 4 is 17.5 Å². The maximum atomic E-state index is 13.2. The number of aromatic nitrogens is 3. The van der Waals surface area contributed by atoms with Crippen LogP contribution in [-0.2, 0) is 0 Å². The molecule has 0 aliphatic heterocycles. The predicted molar refractivity (Wildman–Crippen MR) is 62.1 cm³/mol. The molecule has 0 unspecified atom stereocenters. The lowest BCUT2D eigenvalue weighted by Gasteiger charge is -2.01. The summed E-state index contributed by atoms with van der Waals surface area (Å²) in [5.41, 5.74) is -0.689. The topological polar surface area (TPSA) is 114 Å². The second-order valence-corrected chi connectivity index (χ2v) is 3.65. The van der Waals surface area contributed by atoms with Crippen LogP contribution in [0.5, 0.6) is 0 Å². The Hall–Kier alpha value is -2.84. The maximum absolute atomic E-state index is 13.2. The zero-order valence-electron chi connectivity index (χ0n) is 9.68. The molecule has 0 atom stereocenters. The molecule has 98 valence electrons. The predicted octanol–water partition coefficient (Wildman–Crippen LogP) is 1.41. The number of amides is 1. The van der Waals surface area contributed by atoms with Crippen LogP contribution in [0.3, 0.4) is 0 Å². The molecule has 2 rings (SSSR count). The fourth-order valence-electron chi connectivity index (χ4n) is 1.38. The lowest BCUT2D eigenvalue weighted by Crippen LogP contribution is -2.13. The molecule has 2 aromatic rings. The van der Waals surface area contributed by atoms with E-state index < -0.39 is 22.3 Å². The zero-order valence-corrected chi connectivity index (χ0v) is 9.68. The lowest BCUT2D eigenvalue weighted by atomic mass is 10.2. The van der Waals surface area contributed by atoms with Crippen LogP contribution in [0.1, 0.15) is 16.2 Å². The number of benzene rings is 1. The van der Waals surface area contributed by atoms with Gasteiger partial charge in [-0.2, -0.15) is 4.98 Å². The number of nitrogens with one attached hydrogen (secondary N) is 2. The minimum Gasteiger partial charge on any atom is -0.289 e. The molecule has 0 aliphatic rings. The normalized spacial score (nSPS) is 10.2. The average molecular weight is 265 g/mol. The van der Waals surface area contributed by atoms with Crippen molar-refractivity contribution in [2.75, 3.05) is 5.32 Å². The van der Waals surface area contributed by atoms with E-state index in [0.717, 1.165) is 18.2 Å². The molecule has 0 radical (unpaired) electrons. The Balaban J connectivity index is 2.26. The first-order valence-electron chi connectivity index (χ1n) is 5.11. The highest BCUT2D eigenvalue weighted by molar-refractivity contribution is 6.03. The maximum Gasteiger partial charge on any atom is 0.273 e. The Morgan fingerprint density at radius 3 is 2.79 bits per heavy atom. The van der Waals surface area contributed by atoms with E-state index in [0.29, 0.717) is 5.82 Å². The molecular formula is C10H8FN5O3. The molecule has 1 aromatic heterocycles. The number of carbonyl (C=O) groups is 1. The number of aromatic amines is 1. The quantitative estimate of drug-likeness (QED) is 0.643. The van der Waals surface area contributed by atoms with Crippen molar-refractivity contribution in [2.45, 2.75) is 6.92 Å². The Morgan fingerprint density at radius 1 is 1.47 bits per heavy atom. The highest BCUT2D eigenvalue weighted by Crippen LogP contribution is 2.17. The molecule has 1 heterocycles. The molecule has 0 saturated heterocycles. The Kier molecular flexibility index (Phi) is 3.19. The summed E-state index contributed by atoms with van der Waals surface area (Å²) in [5, 5.41) is 19.0. The van der Waals surface area contributed by atoms with Crippen molar-refractivity contribution in [1.29, 1.82) is 0 Å². The van der Waals surface area contributed by atoms with Crippen molar-refractivity contribution < 1.29 is 14.1 Å². The number of nitro benzene ring substituents is 1. The third-order valence-electron chi connectivity index (χ3n) is 2.18. The van der Waals surface area contributed by atoms with E-state index in [-0.39, 0.29) is 11.5 Å². The largest absolute Gasteiger partial charge is 0.289 e. The number of H-pyrrole nitrogens is 1. The van der Waals surface area contributed by atoms with Gasteiger partial charge in [-0.1, -0.05) is 0 Å². The Labute approximate surface area is 105 Å². The van der Waals surface area contributed by atoms with Crippen LogP contribution in [0.2, 0.25) is 0 Å². The van der Waals surface area contributed by atoms with Crippen LogP contribution in [0.25, 0.3) is 0 Å². The first kappa shape index (κ1) is 12.6. The number of nitro groups is 1. The van der Waals surface area contributed by atoms with E-state index in [9.17, 15) is 19.3 Å². The van der Waals surface area contributed by atoms with Crippen LogP contribution in [0, 0.1) is 22.9 Å². The van der Waals surface area contributed by atoms with E-state index >= 15 is 0 Å². The van der Waals surface area contributed by atoms with Gasteiger partial charge in [-0.15, -0.1) is 5.10 Å². The second kappa shape index (κ2) is 4.80. The van der Waals surface area contributed by atoms with Gasteiger partial charge in [0.15, 0.2) is 0 Å². The van der Waals surface area contributed by atoms with E-state index in [1.807, 2.05) is 0 Å². The number of anilines is 1. The van der Waals surface area contributed by atoms with Crippen molar-refractivity contribution in [2.24, 2.45) is 0 Å². The fourth-order valence-corrected chi connectivity index (χ4v) is 1.38. The minimum atomic E-state index is -0.870. The number of halogens is 1.